The molecule has 1 amide bonds. The third-order valence-electron chi connectivity index (χ3n) is 4.61. The van der Waals surface area contributed by atoms with E-state index in [0.717, 1.165) is 30.9 Å². The van der Waals surface area contributed by atoms with Crippen molar-refractivity contribution in [1.29, 1.82) is 0 Å². The minimum Gasteiger partial charge on any atom is -0.322 e. The van der Waals surface area contributed by atoms with E-state index in [4.69, 9.17) is 0 Å². The molecule has 6 nitrogen and oxygen atoms in total. The van der Waals surface area contributed by atoms with Crippen LogP contribution in [0.1, 0.15) is 16.7 Å². The number of carbonyl (C=O) groups excluding carboxylic acids is 1. The summed E-state index contributed by atoms with van der Waals surface area (Å²) in [5.74, 6) is 2.04. The van der Waals surface area contributed by atoms with E-state index in [-0.39, 0.29) is 11.6 Å². The molecule has 2 aromatic carbocycles. The van der Waals surface area contributed by atoms with Gasteiger partial charge in [-0.15, -0.1) is 0 Å². The van der Waals surface area contributed by atoms with Crippen molar-refractivity contribution in [3.63, 3.8) is 0 Å². The number of aryl methyl sites for hydroxylation is 1. The van der Waals surface area contributed by atoms with E-state index < -0.39 is 4.92 Å². The van der Waals surface area contributed by atoms with Crippen LogP contribution in [0, 0.1) is 17.0 Å². The first-order valence-electron chi connectivity index (χ1n) is 9.15. The molecule has 0 atom stereocenters. The molecule has 0 saturated carbocycles. The second kappa shape index (κ2) is 9.52. The first-order chi connectivity index (χ1) is 13.5. The molecule has 1 saturated heterocycles. The first kappa shape index (κ1) is 20.1. The Labute approximate surface area is 168 Å². The molecule has 2 aromatic rings. The van der Waals surface area contributed by atoms with Gasteiger partial charge in [-0.3, -0.25) is 19.8 Å². The van der Waals surface area contributed by atoms with Gasteiger partial charge in [0.2, 0.25) is 5.91 Å². The zero-order valence-electron chi connectivity index (χ0n) is 15.8. The summed E-state index contributed by atoms with van der Waals surface area (Å²) in [5, 5.41) is 13.9. The SMILES string of the molecule is Cc1cc(CN2CCSCC2)ccc1NC(=O)/C=C/c1ccccc1[N+](=O)[O-]. The van der Waals surface area contributed by atoms with Gasteiger partial charge in [0.25, 0.3) is 5.69 Å². The van der Waals surface area contributed by atoms with Gasteiger partial charge in [-0.2, -0.15) is 11.8 Å². The molecule has 7 heteroatoms. The average Bonchev–Trinajstić information content (AvgIpc) is 2.69. The largest absolute Gasteiger partial charge is 0.322 e. The Hall–Kier alpha value is -2.64. The van der Waals surface area contributed by atoms with Crippen LogP contribution in [-0.2, 0) is 11.3 Å². The van der Waals surface area contributed by atoms with E-state index in [9.17, 15) is 14.9 Å². The van der Waals surface area contributed by atoms with Gasteiger partial charge in [0.1, 0.15) is 0 Å². The fraction of sp³-hybridized carbons (Fsp3) is 0.286. The van der Waals surface area contributed by atoms with Crippen LogP contribution >= 0.6 is 11.8 Å². The molecular weight excluding hydrogens is 374 g/mol. The van der Waals surface area contributed by atoms with Gasteiger partial charge in [-0.1, -0.05) is 24.3 Å². The number of carbonyl (C=O) groups is 1. The molecule has 0 aliphatic carbocycles. The number of hydrogen-bond donors (Lipinski definition) is 1. The third kappa shape index (κ3) is 5.43. The van der Waals surface area contributed by atoms with Gasteiger partial charge in [0.15, 0.2) is 0 Å². The maximum atomic E-state index is 12.2. The second-order valence-corrected chi connectivity index (χ2v) is 7.90. The molecule has 0 radical (unpaired) electrons. The van der Waals surface area contributed by atoms with E-state index in [1.54, 1.807) is 18.2 Å². The van der Waals surface area contributed by atoms with Crippen molar-refractivity contribution in [1.82, 2.24) is 4.90 Å². The van der Waals surface area contributed by atoms with Crippen LogP contribution in [-0.4, -0.2) is 40.3 Å². The second-order valence-electron chi connectivity index (χ2n) is 6.68. The number of thioether (sulfide) groups is 1. The molecule has 1 fully saturated rings. The van der Waals surface area contributed by atoms with Crippen LogP contribution in [0.25, 0.3) is 6.08 Å². The van der Waals surface area contributed by atoms with E-state index >= 15 is 0 Å². The van der Waals surface area contributed by atoms with Crippen molar-refractivity contribution < 1.29 is 9.72 Å². The van der Waals surface area contributed by atoms with Crippen molar-refractivity contribution >= 4 is 35.1 Å². The molecule has 0 unspecified atom stereocenters. The Morgan fingerprint density at radius 3 is 2.71 bits per heavy atom. The monoisotopic (exact) mass is 397 g/mol. The predicted octanol–water partition coefficient (Wildman–Crippen LogP) is 4.10. The van der Waals surface area contributed by atoms with Crippen molar-refractivity contribution in [2.45, 2.75) is 13.5 Å². The van der Waals surface area contributed by atoms with Gasteiger partial charge in [0.05, 0.1) is 10.5 Å². The molecule has 0 bridgehead atoms. The zero-order valence-corrected chi connectivity index (χ0v) is 16.6. The number of amides is 1. The summed E-state index contributed by atoms with van der Waals surface area (Å²) in [7, 11) is 0. The minimum absolute atomic E-state index is 0.0248. The van der Waals surface area contributed by atoms with E-state index in [1.807, 2.05) is 30.8 Å². The molecule has 1 N–H and O–H groups in total. The highest BCUT2D eigenvalue weighted by molar-refractivity contribution is 7.99. The molecule has 146 valence electrons. The summed E-state index contributed by atoms with van der Waals surface area (Å²) in [5.41, 5.74) is 3.35. The summed E-state index contributed by atoms with van der Waals surface area (Å²) < 4.78 is 0. The quantitative estimate of drug-likeness (QED) is 0.451. The highest BCUT2D eigenvalue weighted by Crippen LogP contribution is 2.21. The van der Waals surface area contributed by atoms with Gasteiger partial charge in [0, 0.05) is 49.0 Å². The number of nitro groups is 1. The highest BCUT2D eigenvalue weighted by atomic mass is 32.2. The van der Waals surface area contributed by atoms with Crippen molar-refractivity contribution in [2.75, 3.05) is 29.9 Å². The number of para-hydroxylation sites is 1. The van der Waals surface area contributed by atoms with E-state index in [0.29, 0.717) is 5.56 Å². The molecular formula is C21H23N3O3S. The third-order valence-corrected chi connectivity index (χ3v) is 5.55. The predicted molar refractivity (Wildman–Crippen MR) is 115 cm³/mol. The highest BCUT2D eigenvalue weighted by Gasteiger charge is 2.12. The normalized spacial score (nSPS) is 14.9. The molecule has 28 heavy (non-hydrogen) atoms. The lowest BCUT2D eigenvalue weighted by Crippen LogP contribution is -2.31. The topological polar surface area (TPSA) is 75.5 Å². The van der Waals surface area contributed by atoms with Gasteiger partial charge in [-0.05, 0) is 36.3 Å². The molecule has 1 heterocycles. The van der Waals surface area contributed by atoms with Crippen LogP contribution < -0.4 is 5.32 Å². The minimum atomic E-state index is -0.457. The number of nitrogens with zero attached hydrogens (tertiary/aromatic N) is 2. The summed E-state index contributed by atoms with van der Waals surface area (Å²) in [4.78, 5) is 25.3. The molecule has 1 aliphatic rings. The number of rotatable bonds is 6. The molecule has 0 spiro atoms. The van der Waals surface area contributed by atoms with Gasteiger partial charge in [-0.25, -0.2) is 0 Å². The van der Waals surface area contributed by atoms with Crippen molar-refractivity contribution in [2.24, 2.45) is 0 Å². The maximum Gasteiger partial charge on any atom is 0.276 e. The standard InChI is InChI=1S/C21H23N3O3S/c1-16-14-17(15-23-10-12-28-13-11-23)6-8-19(16)22-21(25)9-7-18-4-2-3-5-20(18)24(26)27/h2-9,14H,10-13,15H2,1H3,(H,22,25)/b9-7+. The first-order valence-corrected chi connectivity index (χ1v) is 10.3. The van der Waals surface area contributed by atoms with Crippen molar-refractivity contribution in [3.05, 3.63) is 75.3 Å². The molecule has 1 aliphatic heterocycles. The Morgan fingerprint density at radius 2 is 2.00 bits per heavy atom. The summed E-state index contributed by atoms with van der Waals surface area (Å²) in [6.07, 6.45) is 2.78. The fourth-order valence-electron chi connectivity index (χ4n) is 3.12. The Morgan fingerprint density at radius 1 is 1.25 bits per heavy atom. The fourth-order valence-corrected chi connectivity index (χ4v) is 4.10. The Bertz CT molecular complexity index is 892. The van der Waals surface area contributed by atoms with Crippen LogP contribution in [0.4, 0.5) is 11.4 Å². The number of benzene rings is 2. The smallest absolute Gasteiger partial charge is 0.276 e. The van der Waals surface area contributed by atoms with Gasteiger partial charge < -0.3 is 5.32 Å². The summed E-state index contributed by atoms with van der Waals surface area (Å²) in [6.45, 7) is 5.11. The Kier molecular flexibility index (Phi) is 6.84. The van der Waals surface area contributed by atoms with Crippen LogP contribution in [0.15, 0.2) is 48.5 Å². The van der Waals surface area contributed by atoms with Crippen LogP contribution in [0.3, 0.4) is 0 Å². The molecule has 0 aromatic heterocycles. The number of hydrogen-bond acceptors (Lipinski definition) is 5. The maximum absolute atomic E-state index is 12.2. The van der Waals surface area contributed by atoms with E-state index in [2.05, 4.69) is 16.3 Å². The number of nitrogens with one attached hydrogen (secondary N) is 1. The Balaban J connectivity index is 1.63. The summed E-state index contributed by atoms with van der Waals surface area (Å²) >= 11 is 1.99. The lowest BCUT2D eigenvalue weighted by molar-refractivity contribution is -0.385. The van der Waals surface area contributed by atoms with Crippen LogP contribution in [0.2, 0.25) is 0 Å². The lowest BCUT2D eigenvalue weighted by atomic mass is 10.1. The summed E-state index contributed by atoms with van der Waals surface area (Å²) in [6, 6.07) is 12.4. The van der Waals surface area contributed by atoms with E-state index in [1.165, 1.54) is 35.3 Å². The van der Waals surface area contributed by atoms with Crippen molar-refractivity contribution in [3.8, 4) is 0 Å². The van der Waals surface area contributed by atoms with Gasteiger partial charge >= 0.3 is 0 Å². The lowest BCUT2D eigenvalue weighted by Gasteiger charge is -2.26. The number of anilines is 1. The number of nitro benzene ring substituents is 1. The zero-order chi connectivity index (χ0) is 19.9. The van der Waals surface area contributed by atoms with Crippen LogP contribution in [0.5, 0.6) is 0 Å². The average molecular weight is 398 g/mol. The molecule has 3 rings (SSSR count).